The molecule has 1 aromatic rings. The molecule has 0 spiro atoms. The number of rotatable bonds is 4. The topological polar surface area (TPSA) is 70.6 Å². The number of fused-ring (bicyclic) bond motifs is 1. The minimum atomic E-state index is -0.445. The monoisotopic (exact) mass is 351 g/mol. The van der Waals surface area contributed by atoms with Gasteiger partial charge in [0, 0.05) is 12.3 Å². The number of imide groups is 1. The van der Waals surface area contributed by atoms with Gasteiger partial charge in [-0.15, -0.1) is 0 Å². The van der Waals surface area contributed by atoms with Crippen molar-refractivity contribution in [2.45, 2.75) is 31.8 Å². The molecule has 0 aromatic heterocycles. The van der Waals surface area contributed by atoms with Gasteiger partial charge in [0.05, 0.1) is 10.9 Å². The Balaban J connectivity index is 1.87. The predicted octanol–water partition coefficient (Wildman–Crippen LogP) is 3.52. The molecular weight excluding hydrogens is 330 g/mol. The molecule has 1 aromatic carbocycles. The van der Waals surface area contributed by atoms with E-state index in [0.29, 0.717) is 12.5 Å². The minimum absolute atomic E-state index is 0.307. The highest BCUT2D eigenvalue weighted by Crippen LogP contribution is 2.35. The highest BCUT2D eigenvalue weighted by atomic mass is 32.2. The van der Waals surface area contributed by atoms with E-state index in [1.165, 1.54) is 17.3 Å². The van der Waals surface area contributed by atoms with Gasteiger partial charge >= 0.3 is 6.03 Å². The van der Waals surface area contributed by atoms with Crippen LogP contribution in [0.4, 0.5) is 10.5 Å². The van der Waals surface area contributed by atoms with Crippen LogP contribution in [0.25, 0.3) is 0 Å². The Morgan fingerprint density at radius 3 is 2.78 bits per heavy atom. The maximum Gasteiger partial charge on any atom is 0.321 e. The summed E-state index contributed by atoms with van der Waals surface area (Å²) in [5.74, 6) is 0.889. The Labute approximate surface area is 145 Å². The molecule has 0 fully saturated rings. The van der Waals surface area contributed by atoms with Crippen molar-refractivity contribution >= 4 is 45.5 Å². The highest BCUT2D eigenvalue weighted by molar-refractivity contribution is 8.39. The largest absolute Gasteiger partial charge is 0.338 e. The summed E-state index contributed by atoms with van der Waals surface area (Å²) >= 11 is 3.00. The summed E-state index contributed by atoms with van der Waals surface area (Å²) in [7, 11) is 0. The van der Waals surface area contributed by atoms with Crippen LogP contribution < -0.4 is 10.6 Å². The minimum Gasteiger partial charge on any atom is -0.338 e. The summed E-state index contributed by atoms with van der Waals surface area (Å²) in [4.78, 5) is 28.3. The van der Waals surface area contributed by atoms with Crippen LogP contribution in [-0.2, 0) is 10.5 Å². The molecule has 0 bridgehead atoms. The van der Waals surface area contributed by atoms with Crippen molar-refractivity contribution in [3.8, 4) is 0 Å². The van der Waals surface area contributed by atoms with Gasteiger partial charge in [-0.2, -0.15) is 0 Å². The third-order valence-electron chi connectivity index (χ3n) is 3.11. The first-order valence-electron chi connectivity index (χ1n) is 7.50. The van der Waals surface area contributed by atoms with E-state index in [4.69, 9.17) is 0 Å². The maximum atomic E-state index is 12.1. The van der Waals surface area contributed by atoms with Crippen molar-refractivity contribution in [3.05, 3.63) is 29.8 Å². The van der Waals surface area contributed by atoms with Gasteiger partial charge in [0.15, 0.2) is 0 Å². The summed E-state index contributed by atoms with van der Waals surface area (Å²) in [5, 5.41) is 4.66. The summed E-state index contributed by atoms with van der Waals surface area (Å²) in [5.41, 5.74) is 2.16. The normalized spacial score (nSPS) is 14.7. The van der Waals surface area contributed by atoms with Crippen LogP contribution in [0.15, 0.2) is 29.3 Å². The summed E-state index contributed by atoms with van der Waals surface area (Å²) < 4.78 is 0.855. The van der Waals surface area contributed by atoms with Crippen molar-refractivity contribution in [2.75, 3.05) is 6.54 Å². The van der Waals surface area contributed by atoms with Crippen molar-refractivity contribution in [1.29, 1.82) is 0 Å². The molecule has 124 valence electrons. The van der Waals surface area contributed by atoms with Crippen molar-refractivity contribution < 1.29 is 9.59 Å². The summed E-state index contributed by atoms with van der Waals surface area (Å²) in [6.45, 7) is 6.31. The average molecular weight is 351 g/mol. The summed E-state index contributed by atoms with van der Waals surface area (Å²) in [6.07, 6.45) is 0. The lowest BCUT2D eigenvalue weighted by atomic mass is 10.2. The number of hydrogen-bond donors (Lipinski definition) is 2. The van der Waals surface area contributed by atoms with Gasteiger partial charge in [0.25, 0.3) is 0 Å². The molecule has 5 nitrogen and oxygen atoms in total. The molecule has 7 heteroatoms. The molecular formula is C16H21N3O2S2. The van der Waals surface area contributed by atoms with E-state index in [0.717, 1.165) is 15.8 Å². The fourth-order valence-electron chi connectivity index (χ4n) is 1.83. The lowest BCUT2D eigenvalue weighted by molar-refractivity contribution is -0.119. The molecule has 3 amide bonds. The van der Waals surface area contributed by atoms with E-state index < -0.39 is 6.03 Å². The van der Waals surface area contributed by atoms with Gasteiger partial charge in [0.2, 0.25) is 5.91 Å². The first-order valence-corrected chi connectivity index (χ1v) is 9.37. The molecule has 0 unspecified atom stereocenters. The molecule has 1 heterocycles. The standard InChI is InChI=1S/C16H21N3O2S2/c1-10(2)8-17-15(21)19-14(20)11(3)23-16-18-13-7-5-4-6-12(13)9-22-16/h4-7,10-11H,8-9H2,1-3H3,(H2,17,19,20,21)/t11-/m1/s1. The Kier molecular flexibility index (Phi) is 6.53. The first kappa shape index (κ1) is 17.9. The van der Waals surface area contributed by atoms with Crippen LogP contribution in [0.2, 0.25) is 0 Å². The van der Waals surface area contributed by atoms with E-state index >= 15 is 0 Å². The van der Waals surface area contributed by atoms with Gasteiger partial charge in [-0.1, -0.05) is 55.6 Å². The third-order valence-corrected chi connectivity index (χ3v) is 5.41. The highest BCUT2D eigenvalue weighted by Gasteiger charge is 2.21. The van der Waals surface area contributed by atoms with E-state index in [1.807, 2.05) is 32.0 Å². The number of hydrogen-bond acceptors (Lipinski definition) is 5. The number of amides is 3. The first-order chi connectivity index (χ1) is 11.0. The number of aliphatic imine (C=N–C) groups is 1. The van der Waals surface area contributed by atoms with Crippen molar-refractivity contribution in [1.82, 2.24) is 10.6 Å². The number of carbonyl (C=O) groups is 2. The number of carbonyl (C=O) groups excluding carboxylic acids is 2. The second kappa shape index (κ2) is 8.40. The van der Waals surface area contributed by atoms with E-state index in [1.54, 1.807) is 18.7 Å². The maximum absolute atomic E-state index is 12.1. The number of para-hydroxylation sites is 1. The predicted molar refractivity (Wildman–Crippen MR) is 98.3 cm³/mol. The number of thioether (sulfide) groups is 2. The van der Waals surface area contributed by atoms with Crippen LogP contribution in [0.5, 0.6) is 0 Å². The molecule has 1 atom stereocenters. The average Bonchev–Trinajstić information content (AvgIpc) is 2.52. The van der Waals surface area contributed by atoms with Crippen molar-refractivity contribution in [2.24, 2.45) is 10.9 Å². The molecule has 23 heavy (non-hydrogen) atoms. The molecule has 2 rings (SSSR count). The van der Waals surface area contributed by atoms with Crippen LogP contribution in [0.1, 0.15) is 26.3 Å². The SMILES string of the molecule is CC(C)CNC(=O)NC(=O)[C@@H](C)SC1=Nc2ccccc2CS1. The zero-order valence-corrected chi connectivity index (χ0v) is 15.1. The van der Waals surface area contributed by atoms with Crippen LogP contribution in [0.3, 0.4) is 0 Å². The third kappa shape index (κ3) is 5.58. The number of benzene rings is 1. The molecule has 0 aliphatic carbocycles. The molecule has 2 N–H and O–H groups in total. The number of nitrogens with one attached hydrogen (secondary N) is 2. The zero-order chi connectivity index (χ0) is 16.8. The Bertz CT molecular complexity index is 617. The van der Waals surface area contributed by atoms with Crippen LogP contribution in [-0.4, -0.2) is 28.1 Å². The quantitative estimate of drug-likeness (QED) is 0.871. The fraction of sp³-hybridized carbons (Fsp3) is 0.438. The van der Waals surface area contributed by atoms with Gasteiger partial charge in [0.1, 0.15) is 4.38 Å². The summed E-state index contributed by atoms with van der Waals surface area (Å²) in [6, 6.07) is 7.54. The number of nitrogens with zero attached hydrogens (tertiary/aromatic N) is 1. The molecule has 1 aliphatic heterocycles. The van der Waals surface area contributed by atoms with Gasteiger partial charge in [-0.3, -0.25) is 10.1 Å². The molecule has 1 aliphatic rings. The fourth-order valence-corrected chi connectivity index (χ4v) is 4.02. The molecule has 0 saturated heterocycles. The Morgan fingerprint density at radius 1 is 1.30 bits per heavy atom. The van der Waals surface area contributed by atoms with Crippen molar-refractivity contribution in [3.63, 3.8) is 0 Å². The lowest BCUT2D eigenvalue weighted by Crippen LogP contribution is -2.43. The van der Waals surface area contributed by atoms with Gasteiger partial charge in [-0.05, 0) is 24.5 Å². The number of urea groups is 1. The van der Waals surface area contributed by atoms with Gasteiger partial charge < -0.3 is 5.32 Å². The Hall–Kier alpha value is -1.47. The zero-order valence-electron chi connectivity index (χ0n) is 13.5. The van der Waals surface area contributed by atoms with E-state index in [-0.39, 0.29) is 11.2 Å². The second-order valence-electron chi connectivity index (χ2n) is 5.65. The lowest BCUT2D eigenvalue weighted by Gasteiger charge is -2.17. The second-order valence-corrected chi connectivity index (χ2v) is 8.20. The van der Waals surface area contributed by atoms with E-state index in [9.17, 15) is 9.59 Å². The molecule has 0 saturated carbocycles. The van der Waals surface area contributed by atoms with Crippen LogP contribution >= 0.6 is 23.5 Å². The van der Waals surface area contributed by atoms with Crippen LogP contribution in [0, 0.1) is 5.92 Å². The van der Waals surface area contributed by atoms with Gasteiger partial charge in [-0.25, -0.2) is 9.79 Å². The Morgan fingerprint density at radius 2 is 2.04 bits per heavy atom. The van der Waals surface area contributed by atoms with E-state index in [2.05, 4.69) is 21.7 Å². The molecule has 0 radical (unpaired) electrons. The smallest absolute Gasteiger partial charge is 0.321 e.